The van der Waals surface area contributed by atoms with Crippen LogP contribution in [0, 0.1) is 15.9 Å². The van der Waals surface area contributed by atoms with E-state index in [1.54, 1.807) is 18.2 Å². The molecule has 0 aliphatic carbocycles. The van der Waals surface area contributed by atoms with Gasteiger partial charge in [0.15, 0.2) is 0 Å². The fourth-order valence-electron chi connectivity index (χ4n) is 3.77. The first-order valence-electron chi connectivity index (χ1n) is 10.7. The molecule has 0 unspecified atom stereocenters. The second-order valence-corrected chi connectivity index (χ2v) is 11.7. The van der Waals surface area contributed by atoms with E-state index in [9.17, 15) is 31.3 Å². The Kier molecular flexibility index (Phi) is 6.78. The first-order valence-corrected chi connectivity index (χ1v) is 13.8. The quantitative estimate of drug-likeness (QED) is 0.343. The van der Waals surface area contributed by atoms with Crippen LogP contribution in [0.2, 0.25) is 0 Å². The van der Waals surface area contributed by atoms with E-state index >= 15 is 0 Å². The van der Waals surface area contributed by atoms with Crippen LogP contribution in [-0.4, -0.2) is 37.6 Å². The van der Waals surface area contributed by atoms with Crippen LogP contribution in [0.25, 0.3) is 0 Å². The Bertz CT molecular complexity index is 1560. The van der Waals surface area contributed by atoms with Crippen molar-refractivity contribution in [2.75, 3.05) is 10.5 Å². The summed E-state index contributed by atoms with van der Waals surface area (Å²) < 4.78 is 67.6. The molecule has 1 aliphatic heterocycles. The van der Waals surface area contributed by atoms with Gasteiger partial charge in [-0.3, -0.25) is 14.8 Å². The second-order valence-electron chi connectivity index (χ2n) is 7.90. The summed E-state index contributed by atoms with van der Waals surface area (Å²) in [5.74, 6) is -0.863. The summed E-state index contributed by atoms with van der Waals surface area (Å²) in [6.07, 6.45) is -0.000563. The summed E-state index contributed by atoms with van der Waals surface area (Å²) in [7, 11) is -7.87. The molecule has 188 valence electrons. The molecule has 1 N–H and O–H groups in total. The van der Waals surface area contributed by atoms with Gasteiger partial charge in [-0.05, 0) is 48.9 Å². The van der Waals surface area contributed by atoms with Crippen molar-refractivity contribution in [3.63, 3.8) is 0 Å². The molecule has 4 rings (SSSR count). The maximum absolute atomic E-state index is 13.8. The van der Waals surface area contributed by atoms with Crippen molar-refractivity contribution in [1.82, 2.24) is 4.41 Å². The van der Waals surface area contributed by atoms with Gasteiger partial charge >= 0.3 is 0 Å². The Morgan fingerprint density at radius 3 is 2.39 bits per heavy atom. The Labute approximate surface area is 207 Å². The van der Waals surface area contributed by atoms with Crippen LogP contribution in [0.3, 0.4) is 0 Å². The van der Waals surface area contributed by atoms with Crippen LogP contribution >= 0.6 is 0 Å². The zero-order valence-electron chi connectivity index (χ0n) is 18.9. The molecule has 1 heterocycles. The average molecular weight is 533 g/mol. The van der Waals surface area contributed by atoms with E-state index in [1.165, 1.54) is 49.4 Å². The van der Waals surface area contributed by atoms with Gasteiger partial charge in [-0.2, -0.15) is 17.9 Å². The minimum atomic E-state index is -4.39. The standard InChI is InChI=1S/C23H21FN4O6S2/c1-2-35(31,32)26-18-12-10-16(11-13-18)21-15-23(20-8-3-4-9-22(20)28(29)30)27(25-21)36(33,34)19-7-5-6-17(24)14-19/h3-14,23,26H,2,15H2,1H3/t23-/m0/s1. The topological polar surface area (TPSA) is 139 Å². The van der Waals surface area contributed by atoms with Crippen molar-refractivity contribution in [2.45, 2.75) is 24.3 Å². The van der Waals surface area contributed by atoms with Gasteiger partial charge < -0.3 is 0 Å². The number of sulfonamides is 2. The highest BCUT2D eigenvalue weighted by atomic mass is 32.2. The van der Waals surface area contributed by atoms with E-state index in [4.69, 9.17) is 0 Å². The molecular weight excluding hydrogens is 511 g/mol. The van der Waals surface area contributed by atoms with E-state index < -0.39 is 36.8 Å². The minimum Gasteiger partial charge on any atom is -0.284 e. The average Bonchev–Trinajstić information content (AvgIpc) is 3.30. The number of halogens is 1. The Hall–Kier alpha value is -3.84. The monoisotopic (exact) mass is 532 g/mol. The van der Waals surface area contributed by atoms with Crippen LogP contribution in [0.4, 0.5) is 15.8 Å². The number of hydrogen-bond acceptors (Lipinski definition) is 7. The number of rotatable bonds is 8. The second kappa shape index (κ2) is 9.66. The van der Waals surface area contributed by atoms with Gasteiger partial charge in [0.25, 0.3) is 15.7 Å². The van der Waals surface area contributed by atoms with Crippen LogP contribution in [0.5, 0.6) is 0 Å². The van der Waals surface area contributed by atoms with Gasteiger partial charge in [-0.1, -0.05) is 30.3 Å². The van der Waals surface area contributed by atoms with Crippen LogP contribution in [0.15, 0.2) is 82.8 Å². The number of nitro benzene ring substituents is 1. The molecule has 1 aliphatic rings. The van der Waals surface area contributed by atoms with Crippen molar-refractivity contribution in [2.24, 2.45) is 5.10 Å². The number of nitrogens with zero attached hydrogens (tertiary/aromatic N) is 3. The van der Waals surface area contributed by atoms with Gasteiger partial charge in [-0.25, -0.2) is 12.8 Å². The molecule has 13 heteroatoms. The molecule has 36 heavy (non-hydrogen) atoms. The lowest BCUT2D eigenvalue weighted by atomic mass is 9.98. The SMILES string of the molecule is CCS(=O)(=O)Nc1ccc(C2=NN(S(=O)(=O)c3cccc(F)c3)[C@H](c3ccccc3[N+](=O)[O-])C2)cc1. The van der Waals surface area contributed by atoms with Crippen molar-refractivity contribution in [1.29, 1.82) is 0 Å². The molecule has 0 bridgehead atoms. The number of nitro groups is 1. The summed E-state index contributed by atoms with van der Waals surface area (Å²) in [5.41, 5.74) is 0.980. The lowest BCUT2D eigenvalue weighted by Crippen LogP contribution is -2.28. The Morgan fingerprint density at radius 1 is 1.06 bits per heavy atom. The van der Waals surface area contributed by atoms with Crippen LogP contribution in [-0.2, 0) is 20.0 Å². The fourth-order valence-corrected chi connectivity index (χ4v) is 5.87. The lowest BCUT2D eigenvalue weighted by Gasteiger charge is -2.23. The van der Waals surface area contributed by atoms with Crippen molar-refractivity contribution in [3.8, 4) is 0 Å². The van der Waals surface area contributed by atoms with Gasteiger partial charge in [-0.15, -0.1) is 0 Å². The Balaban J connectivity index is 1.78. The van der Waals surface area contributed by atoms with Gasteiger partial charge in [0.1, 0.15) is 11.9 Å². The predicted octanol–water partition coefficient (Wildman–Crippen LogP) is 4.04. The number of nitrogens with one attached hydrogen (secondary N) is 1. The Morgan fingerprint density at radius 2 is 1.75 bits per heavy atom. The summed E-state index contributed by atoms with van der Waals surface area (Å²) >= 11 is 0. The van der Waals surface area contributed by atoms with E-state index in [1.807, 2.05) is 0 Å². The van der Waals surface area contributed by atoms with Crippen molar-refractivity contribution in [3.05, 3.63) is 99.9 Å². The first-order chi connectivity index (χ1) is 17.0. The van der Waals surface area contributed by atoms with Crippen LogP contribution < -0.4 is 4.72 Å². The maximum Gasteiger partial charge on any atom is 0.279 e. The zero-order valence-corrected chi connectivity index (χ0v) is 20.5. The van der Waals surface area contributed by atoms with Crippen LogP contribution in [0.1, 0.15) is 30.5 Å². The van der Waals surface area contributed by atoms with E-state index in [-0.39, 0.29) is 28.3 Å². The zero-order chi connectivity index (χ0) is 26.1. The van der Waals surface area contributed by atoms with E-state index in [2.05, 4.69) is 9.82 Å². The molecule has 0 aromatic heterocycles. The summed E-state index contributed by atoms with van der Waals surface area (Å²) in [6, 6.07) is 15.3. The minimum absolute atomic E-state index is 0.000563. The highest BCUT2D eigenvalue weighted by Crippen LogP contribution is 2.40. The number of hydrazone groups is 1. The molecule has 0 amide bonds. The summed E-state index contributed by atoms with van der Waals surface area (Å²) in [5, 5.41) is 16.0. The fraction of sp³-hybridized carbons (Fsp3) is 0.174. The van der Waals surface area contributed by atoms with E-state index in [0.29, 0.717) is 17.0 Å². The highest BCUT2D eigenvalue weighted by molar-refractivity contribution is 7.92. The molecule has 1 atom stereocenters. The molecule has 0 fully saturated rings. The third kappa shape index (κ3) is 5.06. The van der Waals surface area contributed by atoms with Crippen molar-refractivity contribution < 1.29 is 26.1 Å². The summed E-state index contributed by atoms with van der Waals surface area (Å²) in [4.78, 5) is 10.7. The number of anilines is 1. The molecular formula is C23H21FN4O6S2. The molecule has 10 nitrogen and oxygen atoms in total. The highest BCUT2D eigenvalue weighted by Gasteiger charge is 2.40. The number of para-hydroxylation sites is 1. The predicted molar refractivity (Wildman–Crippen MR) is 132 cm³/mol. The first kappa shape index (κ1) is 25.3. The normalized spacial score (nSPS) is 16.0. The van der Waals surface area contributed by atoms with Gasteiger partial charge in [0, 0.05) is 18.2 Å². The third-order valence-electron chi connectivity index (χ3n) is 5.58. The third-order valence-corrected chi connectivity index (χ3v) is 8.56. The van der Waals surface area contributed by atoms with Gasteiger partial charge in [0.05, 0.1) is 26.8 Å². The van der Waals surface area contributed by atoms with Crippen molar-refractivity contribution >= 4 is 37.1 Å². The largest absolute Gasteiger partial charge is 0.284 e. The van der Waals surface area contributed by atoms with E-state index in [0.717, 1.165) is 16.5 Å². The smallest absolute Gasteiger partial charge is 0.279 e. The maximum atomic E-state index is 13.8. The summed E-state index contributed by atoms with van der Waals surface area (Å²) in [6.45, 7) is 1.50. The number of hydrogen-bond donors (Lipinski definition) is 1. The molecule has 3 aromatic rings. The molecule has 0 saturated heterocycles. The molecule has 0 saturated carbocycles. The lowest BCUT2D eigenvalue weighted by molar-refractivity contribution is -0.385. The van der Waals surface area contributed by atoms with Gasteiger partial charge in [0.2, 0.25) is 10.0 Å². The molecule has 0 radical (unpaired) electrons. The molecule has 0 spiro atoms. The number of benzene rings is 3. The molecule has 3 aromatic carbocycles.